The van der Waals surface area contributed by atoms with Gasteiger partial charge >= 0.3 is 5.97 Å². The van der Waals surface area contributed by atoms with E-state index in [9.17, 15) is 4.79 Å². The maximum absolute atomic E-state index is 11.0. The Balaban J connectivity index is 2.23. The van der Waals surface area contributed by atoms with Crippen LogP contribution in [-0.4, -0.2) is 12.6 Å². The van der Waals surface area contributed by atoms with E-state index in [1.807, 2.05) is 6.92 Å². The van der Waals surface area contributed by atoms with Crippen molar-refractivity contribution in [3.63, 3.8) is 0 Å². The first-order valence-corrected chi connectivity index (χ1v) is 4.44. The number of hydrogen-bond acceptors (Lipinski definition) is 2. The number of rotatable bonds is 3. The Morgan fingerprint density at radius 1 is 1.58 bits per heavy atom. The normalized spacial score (nSPS) is 20.9. The fourth-order valence-electron chi connectivity index (χ4n) is 1.31. The van der Waals surface area contributed by atoms with Gasteiger partial charge < -0.3 is 4.74 Å². The van der Waals surface area contributed by atoms with E-state index in [1.54, 1.807) is 0 Å². The molecule has 0 aromatic rings. The molecule has 1 rings (SSSR count). The molecule has 1 unspecified atom stereocenters. The molecule has 0 saturated carbocycles. The Morgan fingerprint density at radius 2 is 2.42 bits per heavy atom. The van der Waals surface area contributed by atoms with Gasteiger partial charge in [0, 0.05) is 19.3 Å². The van der Waals surface area contributed by atoms with E-state index in [1.165, 1.54) is 0 Å². The minimum atomic E-state index is -0.0776. The lowest BCUT2D eigenvalue weighted by molar-refractivity contribution is -0.144. The van der Waals surface area contributed by atoms with Crippen molar-refractivity contribution in [1.82, 2.24) is 0 Å². The monoisotopic (exact) mass is 166 g/mol. The Labute approximate surface area is 73.3 Å². The summed E-state index contributed by atoms with van der Waals surface area (Å²) in [5.74, 6) is 6.40. The number of hydrogen-bond donors (Lipinski definition) is 0. The second-order valence-corrected chi connectivity index (χ2v) is 2.97. The highest BCUT2D eigenvalue weighted by molar-refractivity contribution is 5.69. The molecule has 0 radical (unpaired) electrons. The summed E-state index contributed by atoms with van der Waals surface area (Å²) in [7, 11) is 0. The molecular weight excluding hydrogens is 152 g/mol. The summed E-state index contributed by atoms with van der Waals surface area (Å²) < 4.78 is 4.86. The van der Waals surface area contributed by atoms with Gasteiger partial charge in [0.2, 0.25) is 0 Å². The first-order valence-electron chi connectivity index (χ1n) is 4.44. The van der Waals surface area contributed by atoms with Gasteiger partial charge in [-0.05, 0) is 19.3 Å². The minimum absolute atomic E-state index is 0.0776. The molecule has 0 aromatic heterocycles. The molecule has 2 nitrogen and oxygen atoms in total. The molecule has 0 aliphatic heterocycles. The maximum Gasteiger partial charge on any atom is 0.306 e. The number of carbonyl (C=O) groups excluding carboxylic acids is 1. The summed E-state index contributed by atoms with van der Waals surface area (Å²) in [6, 6.07) is 0. The summed E-state index contributed by atoms with van der Waals surface area (Å²) in [5, 5.41) is 0. The van der Waals surface area contributed by atoms with Gasteiger partial charge in [0.15, 0.2) is 0 Å². The van der Waals surface area contributed by atoms with Crippen LogP contribution in [0.3, 0.4) is 0 Å². The predicted molar refractivity (Wildman–Crippen MR) is 46.4 cm³/mol. The van der Waals surface area contributed by atoms with Gasteiger partial charge in [0.1, 0.15) is 0 Å². The third kappa shape index (κ3) is 2.96. The topological polar surface area (TPSA) is 26.3 Å². The van der Waals surface area contributed by atoms with E-state index in [0.717, 1.165) is 19.3 Å². The van der Waals surface area contributed by atoms with E-state index in [-0.39, 0.29) is 5.97 Å². The Hall–Kier alpha value is -0.970. The molecule has 12 heavy (non-hydrogen) atoms. The van der Waals surface area contributed by atoms with Crippen molar-refractivity contribution < 1.29 is 9.53 Å². The maximum atomic E-state index is 11.0. The SMILES string of the molecule is CCOC(=O)CC1CC#CCC1. The van der Waals surface area contributed by atoms with Crippen LogP contribution >= 0.6 is 0 Å². The van der Waals surface area contributed by atoms with E-state index in [4.69, 9.17) is 4.74 Å². The van der Waals surface area contributed by atoms with Crippen LogP contribution in [0.2, 0.25) is 0 Å². The molecule has 0 fully saturated rings. The van der Waals surface area contributed by atoms with Crippen molar-refractivity contribution in [2.24, 2.45) is 5.92 Å². The van der Waals surface area contributed by atoms with Gasteiger partial charge in [-0.25, -0.2) is 0 Å². The summed E-state index contributed by atoms with van der Waals surface area (Å²) in [6.45, 7) is 2.32. The number of esters is 1. The summed E-state index contributed by atoms with van der Waals surface area (Å²) in [6.07, 6.45) is 3.39. The van der Waals surface area contributed by atoms with Crippen LogP contribution in [0.4, 0.5) is 0 Å². The van der Waals surface area contributed by atoms with Crippen LogP contribution in [-0.2, 0) is 9.53 Å². The van der Waals surface area contributed by atoms with Crippen LogP contribution < -0.4 is 0 Å². The lowest BCUT2D eigenvalue weighted by atomic mass is 9.93. The van der Waals surface area contributed by atoms with Crippen molar-refractivity contribution in [3.05, 3.63) is 0 Å². The van der Waals surface area contributed by atoms with Crippen molar-refractivity contribution in [1.29, 1.82) is 0 Å². The largest absolute Gasteiger partial charge is 0.466 e. The molecule has 1 aliphatic carbocycles. The number of carbonyl (C=O) groups is 1. The van der Waals surface area contributed by atoms with Crippen molar-refractivity contribution in [2.45, 2.75) is 32.6 Å². The highest BCUT2D eigenvalue weighted by Crippen LogP contribution is 2.18. The molecule has 0 spiro atoms. The zero-order valence-electron chi connectivity index (χ0n) is 7.43. The van der Waals surface area contributed by atoms with Crippen molar-refractivity contribution in [3.8, 4) is 11.8 Å². The molecule has 0 amide bonds. The summed E-state index contributed by atoms with van der Waals surface area (Å²) in [4.78, 5) is 11.0. The van der Waals surface area contributed by atoms with Crippen LogP contribution in [0.25, 0.3) is 0 Å². The van der Waals surface area contributed by atoms with Crippen LogP contribution in [0, 0.1) is 17.8 Å². The average Bonchev–Trinajstić information content (AvgIpc) is 2.06. The molecule has 0 N–H and O–H groups in total. The standard InChI is InChI=1S/C10H14O2/c1-2-12-10(11)8-9-6-4-3-5-7-9/h9H,2,4,6-8H2,1H3. The third-order valence-corrected chi connectivity index (χ3v) is 1.95. The summed E-state index contributed by atoms with van der Waals surface area (Å²) in [5.41, 5.74) is 0. The first kappa shape index (κ1) is 9.12. The molecule has 0 heterocycles. The lowest BCUT2D eigenvalue weighted by Gasteiger charge is -2.13. The molecular formula is C10H14O2. The third-order valence-electron chi connectivity index (χ3n) is 1.95. The smallest absolute Gasteiger partial charge is 0.306 e. The Bertz CT molecular complexity index is 210. The fraction of sp³-hybridized carbons (Fsp3) is 0.700. The molecule has 2 heteroatoms. The zero-order valence-corrected chi connectivity index (χ0v) is 7.43. The average molecular weight is 166 g/mol. The van der Waals surface area contributed by atoms with E-state index < -0.39 is 0 Å². The first-order chi connectivity index (χ1) is 5.83. The van der Waals surface area contributed by atoms with Crippen molar-refractivity contribution >= 4 is 5.97 Å². The zero-order chi connectivity index (χ0) is 8.81. The van der Waals surface area contributed by atoms with E-state index >= 15 is 0 Å². The number of ether oxygens (including phenoxy) is 1. The van der Waals surface area contributed by atoms with Gasteiger partial charge in [0.05, 0.1) is 6.61 Å². The minimum Gasteiger partial charge on any atom is -0.466 e. The van der Waals surface area contributed by atoms with Gasteiger partial charge in [-0.1, -0.05) is 0 Å². The van der Waals surface area contributed by atoms with Gasteiger partial charge in [-0.15, -0.1) is 11.8 Å². The molecule has 0 saturated heterocycles. The second kappa shape index (κ2) is 4.82. The van der Waals surface area contributed by atoms with Crippen LogP contribution in [0.15, 0.2) is 0 Å². The van der Waals surface area contributed by atoms with Crippen LogP contribution in [0.5, 0.6) is 0 Å². The second-order valence-electron chi connectivity index (χ2n) is 2.97. The van der Waals surface area contributed by atoms with Crippen molar-refractivity contribution in [2.75, 3.05) is 6.61 Å². The van der Waals surface area contributed by atoms with Gasteiger partial charge in [-0.2, -0.15) is 0 Å². The van der Waals surface area contributed by atoms with Gasteiger partial charge in [-0.3, -0.25) is 4.79 Å². The summed E-state index contributed by atoms with van der Waals surface area (Å²) >= 11 is 0. The Morgan fingerprint density at radius 3 is 3.00 bits per heavy atom. The predicted octanol–water partition coefficient (Wildman–Crippen LogP) is 1.74. The lowest BCUT2D eigenvalue weighted by Crippen LogP contribution is -2.12. The Kier molecular flexibility index (Phi) is 3.66. The van der Waals surface area contributed by atoms with E-state index in [2.05, 4.69) is 11.8 Å². The fourth-order valence-corrected chi connectivity index (χ4v) is 1.31. The molecule has 0 aromatic carbocycles. The molecule has 1 atom stereocenters. The quantitative estimate of drug-likeness (QED) is 0.471. The molecule has 1 aliphatic rings. The van der Waals surface area contributed by atoms with Gasteiger partial charge in [0.25, 0.3) is 0 Å². The molecule has 66 valence electrons. The highest BCUT2D eigenvalue weighted by atomic mass is 16.5. The molecule has 0 bridgehead atoms. The van der Waals surface area contributed by atoms with E-state index in [0.29, 0.717) is 18.9 Å². The highest BCUT2D eigenvalue weighted by Gasteiger charge is 2.14. The van der Waals surface area contributed by atoms with Crippen LogP contribution in [0.1, 0.15) is 32.6 Å².